The molecule has 0 heterocycles. The van der Waals surface area contributed by atoms with Gasteiger partial charge in [0.05, 0.1) is 17.7 Å². The van der Waals surface area contributed by atoms with Crippen molar-refractivity contribution in [3.63, 3.8) is 0 Å². The summed E-state index contributed by atoms with van der Waals surface area (Å²) in [5.41, 5.74) is 4.54. The fourth-order valence-corrected chi connectivity index (χ4v) is 4.66. The number of sulfonamides is 1. The van der Waals surface area contributed by atoms with Gasteiger partial charge < -0.3 is 4.74 Å². The molecule has 0 aliphatic heterocycles. The Morgan fingerprint density at radius 2 is 1.63 bits per heavy atom. The molecule has 0 atom stereocenters. The number of nitrogens with one attached hydrogen (secondary N) is 2. The summed E-state index contributed by atoms with van der Waals surface area (Å²) >= 11 is 11.8. The fourth-order valence-electron chi connectivity index (χ4n) is 2.65. The molecular formula is C19H21Cl2N3O5S. The standard InChI is InChI=1S/C19H21Cl2N3O5S/c1-4-24(5-2)30(27,28)17-10-12(6-9-16(17)29-3)18(25)22-23-19(26)14-11-13(20)7-8-15(14)21/h6-11H,4-5H2,1-3H3,(H,22,25)(H,23,26). The van der Waals surface area contributed by atoms with Gasteiger partial charge in [0.15, 0.2) is 0 Å². The van der Waals surface area contributed by atoms with Gasteiger partial charge in [-0.3, -0.25) is 20.4 Å². The van der Waals surface area contributed by atoms with Crippen molar-refractivity contribution in [2.24, 2.45) is 0 Å². The van der Waals surface area contributed by atoms with E-state index in [-0.39, 0.29) is 39.9 Å². The molecule has 0 saturated carbocycles. The van der Waals surface area contributed by atoms with Crippen LogP contribution in [0.3, 0.4) is 0 Å². The molecule has 2 aromatic carbocycles. The number of carbonyl (C=O) groups excluding carboxylic acids is 2. The Kier molecular flexibility index (Phi) is 8.08. The molecular weight excluding hydrogens is 453 g/mol. The van der Waals surface area contributed by atoms with Crippen molar-refractivity contribution >= 4 is 45.0 Å². The van der Waals surface area contributed by atoms with Gasteiger partial charge in [0.1, 0.15) is 10.6 Å². The first-order valence-corrected chi connectivity index (χ1v) is 11.1. The van der Waals surface area contributed by atoms with E-state index in [1.54, 1.807) is 13.8 Å². The second-order valence-electron chi connectivity index (χ2n) is 5.99. The predicted molar refractivity (Wildman–Crippen MR) is 114 cm³/mol. The summed E-state index contributed by atoms with van der Waals surface area (Å²) in [4.78, 5) is 24.6. The molecule has 0 unspecified atom stereocenters. The third-order valence-electron chi connectivity index (χ3n) is 4.21. The molecule has 0 aliphatic carbocycles. The normalized spacial score (nSPS) is 11.3. The van der Waals surface area contributed by atoms with E-state index in [1.807, 2.05) is 0 Å². The lowest BCUT2D eigenvalue weighted by Crippen LogP contribution is -2.41. The number of hydrogen-bond donors (Lipinski definition) is 2. The Morgan fingerprint density at radius 3 is 2.23 bits per heavy atom. The highest BCUT2D eigenvalue weighted by Gasteiger charge is 2.27. The minimum absolute atomic E-state index is 0.0130. The van der Waals surface area contributed by atoms with Crippen molar-refractivity contribution < 1.29 is 22.7 Å². The van der Waals surface area contributed by atoms with E-state index in [0.717, 1.165) is 0 Å². The average Bonchev–Trinajstić information content (AvgIpc) is 2.73. The Hall–Kier alpha value is -2.33. The Bertz CT molecular complexity index is 1060. The molecule has 0 spiro atoms. The lowest BCUT2D eigenvalue weighted by molar-refractivity contribution is 0.0846. The number of hydrazine groups is 1. The number of ether oxygens (including phenoxy) is 1. The van der Waals surface area contributed by atoms with Gasteiger partial charge in [-0.15, -0.1) is 0 Å². The van der Waals surface area contributed by atoms with Crippen LogP contribution < -0.4 is 15.6 Å². The summed E-state index contributed by atoms with van der Waals surface area (Å²) in [6.07, 6.45) is 0. The first-order valence-electron chi connectivity index (χ1n) is 8.89. The largest absolute Gasteiger partial charge is 0.495 e. The Labute approximate surface area is 185 Å². The number of hydrogen-bond acceptors (Lipinski definition) is 5. The second kappa shape index (κ2) is 10.1. The van der Waals surface area contributed by atoms with Crippen molar-refractivity contribution in [3.05, 3.63) is 57.6 Å². The minimum Gasteiger partial charge on any atom is -0.495 e. The number of benzene rings is 2. The SMILES string of the molecule is CCN(CC)S(=O)(=O)c1cc(C(=O)NNC(=O)c2cc(Cl)ccc2Cl)ccc1OC. The fraction of sp³-hybridized carbons (Fsp3) is 0.263. The lowest BCUT2D eigenvalue weighted by Gasteiger charge is -2.20. The maximum Gasteiger partial charge on any atom is 0.271 e. The highest BCUT2D eigenvalue weighted by atomic mass is 35.5. The molecule has 11 heteroatoms. The van der Waals surface area contributed by atoms with Crippen LogP contribution in [0.15, 0.2) is 41.3 Å². The van der Waals surface area contributed by atoms with Gasteiger partial charge in [0, 0.05) is 23.7 Å². The molecule has 0 aromatic heterocycles. The quantitative estimate of drug-likeness (QED) is 0.601. The van der Waals surface area contributed by atoms with E-state index >= 15 is 0 Å². The van der Waals surface area contributed by atoms with Crippen LogP contribution in [-0.2, 0) is 10.0 Å². The Morgan fingerprint density at radius 1 is 1.00 bits per heavy atom. The summed E-state index contributed by atoms with van der Waals surface area (Å²) in [5, 5.41) is 0.459. The van der Waals surface area contributed by atoms with Gasteiger partial charge in [-0.1, -0.05) is 37.0 Å². The van der Waals surface area contributed by atoms with E-state index in [0.29, 0.717) is 5.02 Å². The Balaban J connectivity index is 2.26. The number of carbonyl (C=O) groups is 2. The summed E-state index contributed by atoms with van der Waals surface area (Å²) in [7, 11) is -2.54. The summed E-state index contributed by atoms with van der Waals surface area (Å²) < 4.78 is 32.2. The molecule has 0 fully saturated rings. The van der Waals surface area contributed by atoms with E-state index in [2.05, 4.69) is 10.9 Å². The van der Waals surface area contributed by atoms with Crippen LogP contribution in [0.2, 0.25) is 10.0 Å². The molecule has 8 nitrogen and oxygen atoms in total. The molecule has 2 N–H and O–H groups in total. The van der Waals surface area contributed by atoms with E-state index in [9.17, 15) is 18.0 Å². The van der Waals surface area contributed by atoms with Crippen molar-refractivity contribution in [2.45, 2.75) is 18.7 Å². The molecule has 2 aromatic rings. The van der Waals surface area contributed by atoms with Gasteiger partial charge in [-0.25, -0.2) is 8.42 Å². The first-order chi connectivity index (χ1) is 14.1. The number of amides is 2. The molecule has 0 saturated heterocycles. The number of halogens is 2. The summed E-state index contributed by atoms with van der Waals surface area (Å²) in [5.74, 6) is -1.30. The lowest BCUT2D eigenvalue weighted by atomic mass is 10.2. The van der Waals surface area contributed by atoms with Crippen LogP contribution in [0, 0.1) is 0 Å². The van der Waals surface area contributed by atoms with Crippen molar-refractivity contribution in [3.8, 4) is 5.75 Å². The highest BCUT2D eigenvalue weighted by Crippen LogP contribution is 2.28. The van der Waals surface area contributed by atoms with Crippen molar-refractivity contribution in [2.75, 3.05) is 20.2 Å². The number of rotatable bonds is 7. The molecule has 30 heavy (non-hydrogen) atoms. The molecule has 162 valence electrons. The first kappa shape index (κ1) is 23.9. The van der Waals surface area contributed by atoms with E-state index < -0.39 is 21.8 Å². The van der Waals surface area contributed by atoms with Crippen LogP contribution in [0.4, 0.5) is 0 Å². The van der Waals surface area contributed by atoms with E-state index in [1.165, 1.54) is 47.8 Å². The number of nitrogens with zero attached hydrogens (tertiary/aromatic N) is 1. The van der Waals surface area contributed by atoms with Gasteiger partial charge in [-0.2, -0.15) is 4.31 Å². The molecule has 0 aliphatic rings. The summed E-state index contributed by atoms with van der Waals surface area (Å²) in [6.45, 7) is 3.94. The zero-order valence-corrected chi connectivity index (χ0v) is 18.9. The highest BCUT2D eigenvalue weighted by molar-refractivity contribution is 7.89. The minimum atomic E-state index is -3.88. The van der Waals surface area contributed by atoms with Gasteiger partial charge in [0.2, 0.25) is 10.0 Å². The third-order valence-corrected chi connectivity index (χ3v) is 6.85. The zero-order chi connectivity index (χ0) is 22.5. The van der Waals surface area contributed by atoms with Crippen molar-refractivity contribution in [1.82, 2.24) is 15.2 Å². The predicted octanol–water partition coefficient (Wildman–Crippen LogP) is 3.11. The third kappa shape index (κ3) is 5.23. The van der Waals surface area contributed by atoms with Crippen LogP contribution >= 0.6 is 23.2 Å². The van der Waals surface area contributed by atoms with Crippen LogP contribution in [-0.4, -0.2) is 44.7 Å². The second-order valence-corrected chi connectivity index (χ2v) is 8.74. The smallest absolute Gasteiger partial charge is 0.271 e. The van der Waals surface area contributed by atoms with Crippen LogP contribution in [0.5, 0.6) is 5.75 Å². The monoisotopic (exact) mass is 473 g/mol. The summed E-state index contributed by atoms with van der Waals surface area (Å²) in [6, 6.07) is 8.28. The van der Waals surface area contributed by atoms with Gasteiger partial charge in [0.25, 0.3) is 11.8 Å². The van der Waals surface area contributed by atoms with Crippen molar-refractivity contribution in [1.29, 1.82) is 0 Å². The maximum absolute atomic E-state index is 12.9. The van der Waals surface area contributed by atoms with Crippen LogP contribution in [0.1, 0.15) is 34.6 Å². The maximum atomic E-state index is 12.9. The molecule has 2 amide bonds. The van der Waals surface area contributed by atoms with Gasteiger partial charge >= 0.3 is 0 Å². The molecule has 2 rings (SSSR count). The molecule has 0 radical (unpaired) electrons. The van der Waals surface area contributed by atoms with Crippen LogP contribution in [0.25, 0.3) is 0 Å². The average molecular weight is 474 g/mol. The molecule has 0 bridgehead atoms. The van der Waals surface area contributed by atoms with Gasteiger partial charge in [-0.05, 0) is 36.4 Å². The zero-order valence-electron chi connectivity index (χ0n) is 16.5. The number of methoxy groups -OCH3 is 1. The van der Waals surface area contributed by atoms with E-state index in [4.69, 9.17) is 27.9 Å². The topological polar surface area (TPSA) is 105 Å².